The number of aliphatic hydroxyl groups excluding tert-OH is 1. The van der Waals surface area contributed by atoms with E-state index in [0.29, 0.717) is 12.3 Å². The van der Waals surface area contributed by atoms with Crippen LogP contribution in [0.1, 0.15) is 74.1 Å². The quantitative estimate of drug-likeness (QED) is 0.548. The van der Waals surface area contributed by atoms with Gasteiger partial charge in [-0.3, -0.25) is 9.59 Å². The van der Waals surface area contributed by atoms with E-state index >= 15 is 0 Å². The van der Waals surface area contributed by atoms with Crippen LogP contribution in [0.25, 0.3) is 0 Å². The Hall–Kier alpha value is -1.62. The second kappa shape index (κ2) is 8.63. The topological polar surface area (TPSA) is 72.8 Å². The average molecular weight is 407 g/mol. The molecule has 0 spiro atoms. The van der Waals surface area contributed by atoms with E-state index in [-0.39, 0.29) is 29.2 Å². The highest BCUT2D eigenvalue weighted by Crippen LogP contribution is 2.55. The summed E-state index contributed by atoms with van der Waals surface area (Å²) in [5, 5.41) is 11.4. The summed E-state index contributed by atoms with van der Waals surface area (Å²) in [4.78, 5) is 23.4. The highest BCUT2D eigenvalue weighted by atomic mass is 16.6. The summed E-state index contributed by atoms with van der Waals surface area (Å²) in [5.74, 6) is -0.469. The molecule has 29 heavy (non-hydrogen) atoms. The number of rotatable bonds is 3. The Balaban J connectivity index is 2.48. The van der Waals surface area contributed by atoms with E-state index in [2.05, 4.69) is 26.0 Å². The van der Waals surface area contributed by atoms with E-state index in [1.54, 1.807) is 0 Å². The molecule has 164 valence electrons. The minimum absolute atomic E-state index is 0.00216. The molecule has 0 aromatic heterocycles. The third kappa shape index (κ3) is 5.71. The second-order valence-corrected chi connectivity index (χ2v) is 10.0. The summed E-state index contributed by atoms with van der Waals surface area (Å²) in [6.07, 6.45) is 10.6. The monoisotopic (exact) mass is 406 g/mol. The van der Waals surface area contributed by atoms with Crippen molar-refractivity contribution in [2.24, 2.45) is 23.2 Å². The minimum Gasteiger partial charge on any atom is -0.460 e. The number of hydrogen-bond acceptors (Lipinski definition) is 5. The fraction of sp³-hybridized carbons (Fsp3) is 0.750. The first-order valence-corrected chi connectivity index (χ1v) is 10.7. The van der Waals surface area contributed by atoms with Crippen molar-refractivity contribution < 1.29 is 24.2 Å². The molecule has 1 unspecified atom stereocenters. The lowest BCUT2D eigenvalue weighted by Crippen LogP contribution is -2.47. The zero-order chi connectivity index (χ0) is 22.0. The van der Waals surface area contributed by atoms with Gasteiger partial charge in [0.1, 0.15) is 11.2 Å². The minimum atomic E-state index is -0.880. The van der Waals surface area contributed by atoms with Crippen molar-refractivity contribution in [2.75, 3.05) is 0 Å². The number of aliphatic hydroxyl groups is 1. The molecule has 0 aromatic carbocycles. The molecule has 0 amide bonds. The standard InChI is InChI=1S/C24H38O5/c1-16-9-8-12-24(7,29-18(3)26)15-20(27)21-19(22(4,5)28-17(2)25)11-14-23(21,6)13-10-16/h8,10,12-13,16,19-21,27H,9,11,14-15H2,1-7H3/b12-8+,13-10+/t16-,19-,20+,21?,23+,24-/m1/s1. The molecule has 0 aromatic rings. The van der Waals surface area contributed by atoms with Crippen LogP contribution in [-0.2, 0) is 19.1 Å². The summed E-state index contributed by atoms with van der Waals surface area (Å²) in [6, 6.07) is 0. The van der Waals surface area contributed by atoms with Gasteiger partial charge in [0, 0.05) is 32.1 Å². The van der Waals surface area contributed by atoms with Crippen molar-refractivity contribution in [3.63, 3.8) is 0 Å². The van der Waals surface area contributed by atoms with Gasteiger partial charge in [-0.05, 0) is 57.4 Å². The number of allylic oxidation sites excluding steroid dienone is 3. The number of hydrogen-bond donors (Lipinski definition) is 1. The highest BCUT2D eigenvalue weighted by Gasteiger charge is 2.54. The summed E-state index contributed by atoms with van der Waals surface area (Å²) in [7, 11) is 0. The van der Waals surface area contributed by atoms with Gasteiger partial charge in [-0.15, -0.1) is 0 Å². The molecular formula is C24H38O5. The van der Waals surface area contributed by atoms with E-state index in [9.17, 15) is 14.7 Å². The van der Waals surface area contributed by atoms with Gasteiger partial charge in [-0.1, -0.05) is 32.1 Å². The Morgan fingerprint density at radius 2 is 1.79 bits per heavy atom. The fourth-order valence-corrected chi connectivity index (χ4v) is 5.41. The number of carbonyl (C=O) groups is 2. The van der Waals surface area contributed by atoms with Gasteiger partial charge >= 0.3 is 11.9 Å². The van der Waals surface area contributed by atoms with Gasteiger partial charge in [0.25, 0.3) is 0 Å². The first-order valence-electron chi connectivity index (χ1n) is 10.7. The Labute approximate surface area is 175 Å². The molecule has 1 fully saturated rings. The summed E-state index contributed by atoms with van der Waals surface area (Å²) in [5.41, 5.74) is -1.80. The van der Waals surface area contributed by atoms with Crippen molar-refractivity contribution in [1.29, 1.82) is 0 Å². The molecule has 5 heteroatoms. The molecule has 0 aliphatic heterocycles. The average Bonchev–Trinajstić information content (AvgIpc) is 2.88. The van der Waals surface area contributed by atoms with Gasteiger partial charge in [-0.2, -0.15) is 0 Å². The molecule has 2 rings (SSSR count). The van der Waals surface area contributed by atoms with Gasteiger partial charge in [0.2, 0.25) is 0 Å². The van der Waals surface area contributed by atoms with Gasteiger partial charge in [-0.25, -0.2) is 0 Å². The third-order valence-electron chi connectivity index (χ3n) is 6.68. The van der Waals surface area contributed by atoms with Crippen LogP contribution in [0.4, 0.5) is 0 Å². The van der Waals surface area contributed by atoms with E-state index in [4.69, 9.17) is 9.47 Å². The number of carbonyl (C=O) groups excluding carboxylic acids is 2. The highest BCUT2D eigenvalue weighted by molar-refractivity contribution is 5.67. The van der Waals surface area contributed by atoms with Crippen LogP contribution in [0.5, 0.6) is 0 Å². The smallest absolute Gasteiger partial charge is 0.303 e. The van der Waals surface area contributed by atoms with Crippen LogP contribution in [-0.4, -0.2) is 34.4 Å². The maximum atomic E-state index is 11.7. The zero-order valence-corrected chi connectivity index (χ0v) is 19.0. The first kappa shape index (κ1) is 23.7. The summed E-state index contributed by atoms with van der Waals surface area (Å²) in [6.45, 7) is 12.9. The molecule has 1 saturated carbocycles. The van der Waals surface area contributed by atoms with Crippen LogP contribution >= 0.6 is 0 Å². The van der Waals surface area contributed by atoms with Crippen LogP contribution in [0.2, 0.25) is 0 Å². The van der Waals surface area contributed by atoms with E-state index < -0.39 is 17.3 Å². The van der Waals surface area contributed by atoms with Gasteiger partial charge in [0.15, 0.2) is 0 Å². The number of esters is 2. The van der Waals surface area contributed by atoms with Crippen molar-refractivity contribution in [2.45, 2.75) is 91.5 Å². The van der Waals surface area contributed by atoms with E-state index in [0.717, 1.165) is 19.3 Å². The normalized spacial score (nSPS) is 40.3. The largest absolute Gasteiger partial charge is 0.460 e. The Morgan fingerprint density at radius 1 is 1.14 bits per heavy atom. The molecule has 5 nitrogen and oxygen atoms in total. The van der Waals surface area contributed by atoms with Crippen molar-refractivity contribution >= 4 is 11.9 Å². The second-order valence-electron chi connectivity index (χ2n) is 10.0. The molecule has 2 aliphatic carbocycles. The van der Waals surface area contributed by atoms with Crippen LogP contribution in [0, 0.1) is 23.2 Å². The van der Waals surface area contributed by atoms with E-state index in [1.165, 1.54) is 13.8 Å². The molecule has 0 heterocycles. The maximum absolute atomic E-state index is 11.7. The van der Waals surface area contributed by atoms with Crippen LogP contribution < -0.4 is 0 Å². The Bertz CT molecular complexity index is 679. The van der Waals surface area contributed by atoms with Crippen molar-refractivity contribution in [3.05, 3.63) is 24.3 Å². The Morgan fingerprint density at radius 3 is 2.38 bits per heavy atom. The fourth-order valence-electron chi connectivity index (χ4n) is 5.41. The molecule has 0 saturated heterocycles. The van der Waals surface area contributed by atoms with Crippen LogP contribution in [0.15, 0.2) is 24.3 Å². The predicted octanol–water partition coefficient (Wildman–Crippen LogP) is 4.59. The maximum Gasteiger partial charge on any atom is 0.303 e. The predicted molar refractivity (Wildman–Crippen MR) is 113 cm³/mol. The lowest BCUT2D eigenvalue weighted by Gasteiger charge is -2.43. The van der Waals surface area contributed by atoms with Gasteiger partial charge < -0.3 is 14.6 Å². The summed E-state index contributed by atoms with van der Waals surface area (Å²) >= 11 is 0. The molecule has 0 bridgehead atoms. The molecule has 6 atom stereocenters. The molecule has 2 aliphatic rings. The lowest BCUT2D eigenvalue weighted by molar-refractivity contribution is -0.166. The first-order chi connectivity index (χ1) is 13.3. The number of ether oxygens (including phenoxy) is 2. The van der Waals surface area contributed by atoms with Crippen LogP contribution in [0.3, 0.4) is 0 Å². The zero-order valence-electron chi connectivity index (χ0n) is 19.0. The number of fused-ring (bicyclic) bond motifs is 1. The Kier molecular flexibility index (Phi) is 7.04. The van der Waals surface area contributed by atoms with Crippen molar-refractivity contribution in [3.8, 4) is 0 Å². The van der Waals surface area contributed by atoms with E-state index in [1.807, 2.05) is 32.9 Å². The SMILES string of the molecule is CC(=O)OC(C)(C)[C@@H]1CC[C@]2(C)/C=C/[C@H](C)C/C=C/[C@@](C)(OC(C)=O)C[C@H](O)C12. The molecular weight excluding hydrogens is 368 g/mol. The third-order valence-corrected chi connectivity index (χ3v) is 6.68. The van der Waals surface area contributed by atoms with Crippen molar-refractivity contribution in [1.82, 2.24) is 0 Å². The summed E-state index contributed by atoms with van der Waals surface area (Å²) < 4.78 is 11.3. The molecule has 1 N–H and O–H groups in total. The molecule has 0 radical (unpaired) electrons. The van der Waals surface area contributed by atoms with Gasteiger partial charge in [0.05, 0.1) is 6.10 Å². The lowest BCUT2D eigenvalue weighted by atomic mass is 9.68.